The smallest absolute Gasteiger partial charge is 0.212 e. The van der Waals surface area contributed by atoms with E-state index in [1.807, 2.05) is 14.0 Å². The second-order valence-electron chi connectivity index (χ2n) is 4.18. The van der Waals surface area contributed by atoms with Gasteiger partial charge >= 0.3 is 0 Å². The number of benzene rings is 1. The predicted molar refractivity (Wildman–Crippen MR) is 67.0 cm³/mol. The Morgan fingerprint density at radius 3 is 2.89 bits per heavy atom. The molecule has 1 heterocycles. The molecule has 0 spiro atoms. The third kappa shape index (κ3) is 3.25. The quantitative estimate of drug-likeness (QED) is 0.880. The Bertz CT molecular complexity index is 557. The van der Waals surface area contributed by atoms with Crippen LogP contribution >= 0.6 is 0 Å². The van der Waals surface area contributed by atoms with E-state index in [0.29, 0.717) is 11.6 Å². The standard InChI is InChI=1S/C12H16FN5O/c1-8(14-2)10-5-4-9(13)6-11(10)19-7-12-15-17-18(3)16-12/h4-6,8,14H,7H2,1-3H3. The lowest BCUT2D eigenvalue weighted by Gasteiger charge is -2.15. The van der Waals surface area contributed by atoms with Crippen molar-refractivity contribution in [2.75, 3.05) is 7.05 Å². The minimum Gasteiger partial charge on any atom is -0.485 e. The Morgan fingerprint density at radius 2 is 2.26 bits per heavy atom. The lowest BCUT2D eigenvalue weighted by Crippen LogP contribution is -2.14. The number of ether oxygens (including phenoxy) is 1. The van der Waals surface area contributed by atoms with Crippen LogP contribution in [0.15, 0.2) is 18.2 Å². The normalized spacial score (nSPS) is 12.4. The number of rotatable bonds is 5. The van der Waals surface area contributed by atoms with E-state index in [1.54, 1.807) is 13.1 Å². The fourth-order valence-electron chi connectivity index (χ4n) is 1.67. The average molecular weight is 265 g/mol. The number of aromatic nitrogens is 4. The van der Waals surface area contributed by atoms with Gasteiger partial charge in [-0.1, -0.05) is 6.07 Å². The molecule has 6 nitrogen and oxygen atoms in total. The lowest BCUT2D eigenvalue weighted by atomic mass is 10.1. The fourth-order valence-corrected chi connectivity index (χ4v) is 1.67. The van der Waals surface area contributed by atoms with Crippen LogP contribution in [0.1, 0.15) is 24.4 Å². The molecule has 0 aliphatic rings. The Balaban J connectivity index is 2.16. The maximum absolute atomic E-state index is 13.3. The summed E-state index contributed by atoms with van der Waals surface area (Å²) >= 11 is 0. The Hall–Kier alpha value is -2.02. The SMILES string of the molecule is CNC(C)c1ccc(F)cc1OCc1nnn(C)n1. The van der Waals surface area contributed by atoms with Gasteiger partial charge in [0, 0.05) is 17.7 Å². The van der Waals surface area contributed by atoms with Gasteiger partial charge in [-0.05, 0) is 25.3 Å². The summed E-state index contributed by atoms with van der Waals surface area (Å²) in [6, 6.07) is 4.54. The molecule has 0 amide bonds. The lowest BCUT2D eigenvalue weighted by molar-refractivity contribution is 0.288. The second-order valence-corrected chi connectivity index (χ2v) is 4.18. The summed E-state index contributed by atoms with van der Waals surface area (Å²) in [6.45, 7) is 2.13. The van der Waals surface area contributed by atoms with Gasteiger partial charge in [-0.3, -0.25) is 0 Å². The zero-order valence-electron chi connectivity index (χ0n) is 11.1. The Morgan fingerprint density at radius 1 is 1.47 bits per heavy atom. The number of aryl methyl sites for hydroxylation is 1. The highest BCUT2D eigenvalue weighted by atomic mass is 19.1. The first kappa shape index (κ1) is 13.4. The molecule has 1 aromatic carbocycles. The molecule has 0 fully saturated rings. The summed E-state index contributed by atoms with van der Waals surface area (Å²) in [5.41, 5.74) is 0.882. The van der Waals surface area contributed by atoms with Crippen molar-refractivity contribution in [3.8, 4) is 5.75 Å². The monoisotopic (exact) mass is 265 g/mol. The largest absolute Gasteiger partial charge is 0.485 e. The van der Waals surface area contributed by atoms with Crippen molar-refractivity contribution in [2.45, 2.75) is 19.6 Å². The van der Waals surface area contributed by atoms with E-state index in [0.717, 1.165) is 5.56 Å². The van der Waals surface area contributed by atoms with Crippen LogP contribution in [0, 0.1) is 5.82 Å². The van der Waals surface area contributed by atoms with E-state index >= 15 is 0 Å². The zero-order chi connectivity index (χ0) is 13.8. The highest BCUT2D eigenvalue weighted by Crippen LogP contribution is 2.26. The van der Waals surface area contributed by atoms with Crippen LogP contribution in [-0.4, -0.2) is 27.3 Å². The van der Waals surface area contributed by atoms with Gasteiger partial charge in [0.2, 0.25) is 5.82 Å². The summed E-state index contributed by atoms with van der Waals surface area (Å²) in [5.74, 6) is 0.596. The van der Waals surface area contributed by atoms with Crippen LogP contribution < -0.4 is 10.1 Å². The van der Waals surface area contributed by atoms with Gasteiger partial charge in [0.15, 0.2) is 6.61 Å². The van der Waals surface area contributed by atoms with Crippen LogP contribution in [0.4, 0.5) is 4.39 Å². The first-order chi connectivity index (χ1) is 9.10. The van der Waals surface area contributed by atoms with Crippen molar-refractivity contribution in [3.05, 3.63) is 35.4 Å². The maximum Gasteiger partial charge on any atom is 0.212 e. The molecular formula is C12H16FN5O. The van der Waals surface area contributed by atoms with E-state index in [9.17, 15) is 4.39 Å². The highest BCUT2D eigenvalue weighted by Gasteiger charge is 2.12. The van der Waals surface area contributed by atoms with Gasteiger partial charge in [-0.15, -0.1) is 10.2 Å². The van der Waals surface area contributed by atoms with Crippen molar-refractivity contribution in [2.24, 2.45) is 7.05 Å². The molecule has 0 bridgehead atoms. The number of halogens is 1. The Kier molecular flexibility index (Phi) is 4.06. The average Bonchev–Trinajstić information content (AvgIpc) is 2.81. The molecule has 0 aliphatic carbocycles. The molecule has 0 radical (unpaired) electrons. The van der Waals surface area contributed by atoms with Gasteiger partial charge in [0.25, 0.3) is 0 Å². The second kappa shape index (κ2) is 5.75. The van der Waals surface area contributed by atoms with E-state index in [-0.39, 0.29) is 18.5 Å². The van der Waals surface area contributed by atoms with Crippen molar-refractivity contribution in [1.82, 2.24) is 25.5 Å². The molecule has 102 valence electrons. The van der Waals surface area contributed by atoms with Crippen LogP contribution in [0.2, 0.25) is 0 Å². The van der Waals surface area contributed by atoms with Crippen LogP contribution in [-0.2, 0) is 13.7 Å². The number of hydrogen-bond acceptors (Lipinski definition) is 5. The molecule has 19 heavy (non-hydrogen) atoms. The van der Waals surface area contributed by atoms with Crippen molar-refractivity contribution < 1.29 is 9.13 Å². The topological polar surface area (TPSA) is 64.9 Å². The van der Waals surface area contributed by atoms with E-state index in [1.165, 1.54) is 16.9 Å². The van der Waals surface area contributed by atoms with Gasteiger partial charge in [0.05, 0.1) is 7.05 Å². The third-order valence-corrected chi connectivity index (χ3v) is 2.78. The van der Waals surface area contributed by atoms with Gasteiger partial charge in [0.1, 0.15) is 11.6 Å². The molecule has 0 aliphatic heterocycles. The number of nitrogens with one attached hydrogen (secondary N) is 1. The highest BCUT2D eigenvalue weighted by molar-refractivity contribution is 5.36. The summed E-state index contributed by atoms with van der Waals surface area (Å²) in [5, 5.41) is 14.6. The van der Waals surface area contributed by atoms with E-state index in [2.05, 4.69) is 20.7 Å². The maximum atomic E-state index is 13.3. The van der Waals surface area contributed by atoms with Crippen molar-refractivity contribution in [3.63, 3.8) is 0 Å². The minimum absolute atomic E-state index is 0.0606. The van der Waals surface area contributed by atoms with Gasteiger partial charge in [-0.25, -0.2) is 4.39 Å². The fraction of sp³-hybridized carbons (Fsp3) is 0.417. The minimum atomic E-state index is -0.339. The summed E-state index contributed by atoms with van der Waals surface area (Å²) in [4.78, 5) is 1.35. The molecular weight excluding hydrogens is 249 g/mol. The number of nitrogens with zero attached hydrogens (tertiary/aromatic N) is 4. The van der Waals surface area contributed by atoms with Crippen LogP contribution in [0.25, 0.3) is 0 Å². The molecule has 1 unspecified atom stereocenters. The van der Waals surface area contributed by atoms with Crippen molar-refractivity contribution >= 4 is 0 Å². The first-order valence-corrected chi connectivity index (χ1v) is 5.92. The number of tetrazole rings is 1. The van der Waals surface area contributed by atoms with E-state index < -0.39 is 0 Å². The predicted octanol–water partition coefficient (Wildman–Crippen LogP) is 1.21. The van der Waals surface area contributed by atoms with Gasteiger partial charge in [-0.2, -0.15) is 4.80 Å². The summed E-state index contributed by atoms with van der Waals surface area (Å²) < 4.78 is 18.9. The van der Waals surface area contributed by atoms with Crippen LogP contribution in [0.3, 0.4) is 0 Å². The first-order valence-electron chi connectivity index (χ1n) is 5.92. The summed E-state index contributed by atoms with van der Waals surface area (Å²) in [6.07, 6.45) is 0. The van der Waals surface area contributed by atoms with E-state index in [4.69, 9.17) is 4.74 Å². The third-order valence-electron chi connectivity index (χ3n) is 2.78. The van der Waals surface area contributed by atoms with Gasteiger partial charge < -0.3 is 10.1 Å². The molecule has 1 N–H and O–H groups in total. The van der Waals surface area contributed by atoms with Crippen molar-refractivity contribution in [1.29, 1.82) is 0 Å². The van der Waals surface area contributed by atoms with Crippen LogP contribution in [0.5, 0.6) is 5.75 Å². The molecule has 0 saturated heterocycles. The zero-order valence-corrected chi connectivity index (χ0v) is 11.1. The molecule has 7 heteroatoms. The molecule has 1 atom stereocenters. The molecule has 2 rings (SSSR count). The summed E-state index contributed by atoms with van der Waals surface area (Å²) in [7, 11) is 3.51. The molecule has 0 saturated carbocycles. The molecule has 2 aromatic rings. The number of hydrogen-bond donors (Lipinski definition) is 1. The molecule has 1 aromatic heterocycles. The Labute approximate surface area is 110 Å².